The largest absolute Gasteiger partial charge is 0.356 e. The lowest BCUT2D eigenvalue weighted by Crippen LogP contribution is -2.58. The van der Waals surface area contributed by atoms with E-state index in [1.54, 1.807) is 22.4 Å². The molecule has 2 aliphatic heterocycles. The first-order valence-corrected chi connectivity index (χ1v) is 15.4. The lowest BCUT2D eigenvalue weighted by atomic mass is 9.87. The number of likely N-dealkylation sites (tertiary alicyclic amines) is 1. The molecule has 1 aromatic heterocycles. The van der Waals surface area contributed by atoms with Crippen LogP contribution in [0.1, 0.15) is 61.2 Å². The van der Waals surface area contributed by atoms with Crippen molar-refractivity contribution in [3.63, 3.8) is 0 Å². The van der Waals surface area contributed by atoms with Crippen molar-refractivity contribution in [1.29, 1.82) is 0 Å². The number of Topliss-reactive ketones (excluding diaryl/α,β-unsaturated/α-hetero) is 1. The first-order valence-electron chi connectivity index (χ1n) is 14.2. The van der Waals surface area contributed by atoms with Gasteiger partial charge in [0.25, 0.3) is 11.8 Å². The molecule has 2 aliphatic carbocycles. The van der Waals surface area contributed by atoms with Crippen molar-refractivity contribution in [2.75, 3.05) is 13.1 Å². The number of carbonyl (C=O) groups is 5. The molecule has 2 saturated carbocycles. The maximum Gasteiger partial charge on any atom is 0.289 e. The number of aromatic nitrogens is 1. The number of piperidine rings is 1. The van der Waals surface area contributed by atoms with Gasteiger partial charge in [-0.25, -0.2) is 4.98 Å². The molecule has 0 bridgehead atoms. The maximum absolute atomic E-state index is 13.8. The van der Waals surface area contributed by atoms with Gasteiger partial charge in [-0.2, -0.15) is 0 Å². The number of ketones is 1. The summed E-state index contributed by atoms with van der Waals surface area (Å²) in [5, 5.41) is 10.9. The molecule has 10 nitrogen and oxygen atoms in total. The number of hydrogen-bond donors (Lipinski definition) is 3. The van der Waals surface area contributed by atoms with Crippen LogP contribution in [0.2, 0.25) is 5.02 Å². The van der Waals surface area contributed by atoms with Gasteiger partial charge in [0.05, 0.1) is 11.7 Å². The average Bonchev–Trinajstić information content (AvgIpc) is 3.83. The van der Waals surface area contributed by atoms with E-state index in [1.807, 2.05) is 12.1 Å². The molecule has 0 radical (unpaired) electrons. The summed E-state index contributed by atoms with van der Waals surface area (Å²) in [6.45, 7) is 0.889. The molecule has 1 aromatic carbocycles. The van der Waals surface area contributed by atoms with E-state index < -0.39 is 35.6 Å². The first-order chi connectivity index (χ1) is 19.7. The molecule has 2 saturated heterocycles. The Morgan fingerprint density at radius 3 is 2.66 bits per heavy atom. The number of nitrogens with zero attached hydrogens (tertiary/aromatic N) is 2. The fourth-order valence-electron chi connectivity index (χ4n) is 5.82. The Balaban J connectivity index is 1.21. The minimum atomic E-state index is -1.15. The third-order valence-electron chi connectivity index (χ3n) is 8.67. The molecular weight excluding hydrogens is 566 g/mol. The number of nitrogens with one attached hydrogen (secondary N) is 3. The number of amides is 4. The summed E-state index contributed by atoms with van der Waals surface area (Å²) in [6, 6.07) is 5.24. The number of halogens is 1. The summed E-state index contributed by atoms with van der Waals surface area (Å²) in [5.41, 5.74) is 1.43. The van der Waals surface area contributed by atoms with Gasteiger partial charge in [-0.1, -0.05) is 23.7 Å². The molecule has 6 rings (SSSR count). The summed E-state index contributed by atoms with van der Waals surface area (Å²) < 4.78 is 0. The molecule has 12 heteroatoms. The molecule has 3 N–H and O–H groups in total. The number of benzene rings is 1. The van der Waals surface area contributed by atoms with Crippen molar-refractivity contribution < 1.29 is 24.0 Å². The Morgan fingerprint density at radius 2 is 1.98 bits per heavy atom. The SMILES string of the molecule is O=C(NC1CC1)C(=O)[C@H](C[C@@H]1CCNC1=O)NC(=O)[C@@H]1CC2(CCN1C(=O)c1nc(-c3cccc(Cl)c3)cs1)CC2. The van der Waals surface area contributed by atoms with Gasteiger partial charge in [0.1, 0.15) is 6.04 Å². The molecule has 1 spiro atoms. The van der Waals surface area contributed by atoms with Crippen molar-refractivity contribution in [2.24, 2.45) is 11.3 Å². The van der Waals surface area contributed by atoms with E-state index in [1.165, 1.54) is 11.3 Å². The van der Waals surface area contributed by atoms with Crippen molar-refractivity contribution in [1.82, 2.24) is 25.8 Å². The van der Waals surface area contributed by atoms with Gasteiger partial charge < -0.3 is 20.9 Å². The summed E-state index contributed by atoms with van der Waals surface area (Å²) in [6.07, 6.45) is 5.46. The molecule has 4 fully saturated rings. The van der Waals surface area contributed by atoms with Crippen LogP contribution in [0.25, 0.3) is 11.3 Å². The van der Waals surface area contributed by atoms with Crippen molar-refractivity contribution >= 4 is 52.3 Å². The van der Waals surface area contributed by atoms with Gasteiger partial charge in [-0.15, -0.1) is 11.3 Å². The maximum atomic E-state index is 13.8. The lowest BCUT2D eigenvalue weighted by molar-refractivity contribution is -0.141. The zero-order valence-corrected chi connectivity index (χ0v) is 24.1. The van der Waals surface area contributed by atoms with Crippen LogP contribution < -0.4 is 16.0 Å². The zero-order chi connectivity index (χ0) is 28.7. The van der Waals surface area contributed by atoms with Gasteiger partial charge in [0.15, 0.2) is 5.01 Å². The van der Waals surface area contributed by atoms with E-state index in [9.17, 15) is 24.0 Å². The second kappa shape index (κ2) is 11.2. The number of hydrogen-bond acceptors (Lipinski definition) is 7. The summed E-state index contributed by atoms with van der Waals surface area (Å²) in [4.78, 5) is 71.8. The van der Waals surface area contributed by atoms with Crippen LogP contribution in [-0.2, 0) is 19.2 Å². The van der Waals surface area contributed by atoms with Crippen LogP contribution in [0, 0.1) is 11.3 Å². The van der Waals surface area contributed by atoms with Crippen LogP contribution >= 0.6 is 22.9 Å². The highest BCUT2D eigenvalue weighted by Crippen LogP contribution is 2.55. The quantitative estimate of drug-likeness (QED) is 0.380. The zero-order valence-electron chi connectivity index (χ0n) is 22.5. The van der Waals surface area contributed by atoms with E-state index in [0.717, 1.165) is 37.7 Å². The predicted octanol–water partition coefficient (Wildman–Crippen LogP) is 2.71. The van der Waals surface area contributed by atoms with Crippen LogP contribution in [0.4, 0.5) is 0 Å². The molecule has 2 aromatic rings. The smallest absolute Gasteiger partial charge is 0.289 e. The molecule has 216 valence electrons. The fourth-order valence-corrected chi connectivity index (χ4v) is 6.79. The van der Waals surface area contributed by atoms with Crippen LogP contribution in [0.5, 0.6) is 0 Å². The predicted molar refractivity (Wildman–Crippen MR) is 152 cm³/mol. The summed E-state index contributed by atoms with van der Waals surface area (Å²) in [7, 11) is 0. The number of thiazole rings is 1. The second-order valence-electron chi connectivity index (χ2n) is 11.7. The Bertz CT molecular complexity index is 1400. The molecule has 4 aliphatic rings. The number of rotatable bonds is 9. The van der Waals surface area contributed by atoms with Gasteiger partial charge in [-0.05, 0) is 68.9 Å². The van der Waals surface area contributed by atoms with Crippen molar-refractivity contribution in [2.45, 2.75) is 69.5 Å². The Hall–Kier alpha value is -3.31. The highest BCUT2D eigenvalue weighted by Gasteiger charge is 2.51. The first kappa shape index (κ1) is 27.8. The van der Waals surface area contributed by atoms with E-state index in [4.69, 9.17) is 11.6 Å². The second-order valence-corrected chi connectivity index (χ2v) is 13.0. The highest BCUT2D eigenvalue weighted by molar-refractivity contribution is 7.12. The van der Waals surface area contributed by atoms with E-state index >= 15 is 0 Å². The molecule has 3 atom stereocenters. The Morgan fingerprint density at radius 1 is 1.17 bits per heavy atom. The molecule has 3 heterocycles. The van der Waals surface area contributed by atoms with Crippen LogP contribution in [0.15, 0.2) is 29.6 Å². The minimum absolute atomic E-state index is 0.0157. The summed E-state index contributed by atoms with van der Waals surface area (Å²) >= 11 is 7.34. The van der Waals surface area contributed by atoms with Gasteiger partial charge in [0.2, 0.25) is 17.6 Å². The van der Waals surface area contributed by atoms with Gasteiger partial charge >= 0.3 is 0 Å². The van der Waals surface area contributed by atoms with Crippen molar-refractivity contribution in [3.8, 4) is 11.3 Å². The fraction of sp³-hybridized carbons (Fsp3) is 0.517. The number of carbonyl (C=O) groups excluding carboxylic acids is 5. The Kier molecular flexibility index (Phi) is 7.58. The monoisotopic (exact) mass is 597 g/mol. The normalized spacial score (nSPS) is 23.5. The summed E-state index contributed by atoms with van der Waals surface area (Å²) in [5.74, 6) is -2.99. The molecule has 0 unspecified atom stereocenters. The third kappa shape index (κ3) is 6.16. The minimum Gasteiger partial charge on any atom is -0.356 e. The molecule has 4 amide bonds. The van der Waals surface area contributed by atoms with E-state index in [0.29, 0.717) is 36.6 Å². The van der Waals surface area contributed by atoms with Gasteiger partial charge in [0, 0.05) is 41.0 Å². The van der Waals surface area contributed by atoms with Crippen molar-refractivity contribution in [3.05, 3.63) is 39.7 Å². The Labute approximate surface area is 246 Å². The molecular formula is C29H32ClN5O5S. The van der Waals surface area contributed by atoms with E-state index in [2.05, 4.69) is 20.9 Å². The standard InChI is InChI=1S/C29H32ClN5O5S/c30-18-3-1-2-16(12-18)21-15-41-27(34-21)28(40)35-11-9-29(7-8-29)14-22(35)25(38)33-20(13-17-6-10-31-24(17)37)23(36)26(39)32-19-4-5-19/h1-3,12,15,17,19-20,22H,4-11,13-14H2,(H,31,37)(H,32,39)(H,33,38)/t17-,20-,22-/m0/s1. The highest BCUT2D eigenvalue weighted by atomic mass is 35.5. The molecule has 41 heavy (non-hydrogen) atoms. The third-order valence-corrected chi connectivity index (χ3v) is 9.73. The van der Waals surface area contributed by atoms with Crippen LogP contribution in [0.3, 0.4) is 0 Å². The lowest BCUT2D eigenvalue weighted by Gasteiger charge is -2.39. The average molecular weight is 598 g/mol. The van der Waals surface area contributed by atoms with Gasteiger partial charge in [-0.3, -0.25) is 24.0 Å². The van der Waals surface area contributed by atoms with E-state index in [-0.39, 0.29) is 34.7 Å². The van der Waals surface area contributed by atoms with Crippen LogP contribution in [-0.4, -0.2) is 70.5 Å². The topological polar surface area (TPSA) is 138 Å².